The highest BCUT2D eigenvalue weighted by Crippen LogP contribution is 2.40. The van der Waals surface area contributed by atoms with Gasteiger partial charge in [-0.2, -0.15) is 18.3 Å². The van der Waals surface area contributed by atoms with Crippen molar-refractivity contribution in [2.24, 2.45) is 0 Å². The molecule has 2 aliphatic rings. The summed E-state index contributed by atoms with van der Waals surface area (Å²) in [6.07, 6.45) is 3.01. The van der Waals surface area contributed by atoms with Crippen molar-refractivity contribution in [2.75, 3.05) is 11.9 Å². The summed E-state index contributed by atoms with van der Waals surface area (Å²) >= 11 is 3.60. The van der Waals surface area contributed by atoms with Gasteiger partial charge in [0.25, 0.3) is 0 Å². The standard InChI is InChI=1S/C24H25BrF3N7O2/c25-16-11-35-17(9-14(16)18-6-1-2-7-37-18)19-21(32-33-22(19)34-35)20-15(24(26,27)28)10-29-23(31-20)30-12-4-3-5-13(36)8-12/h9-13,18,36H,1-8H2,(H,33,34)(H,29,30,31)/t12-,13-,18?/m0/s1. The van der Waals surface area contributed by atoms with Crippen molar-refractivity contribution in [1.29, 1.82) is 0 Å². The minimum absolute atomic E-state index is 0.0456. The lowest BCUT2D eigenvalue weighted by molar-refractivity contribution is -0.137. The second-order valence-corrected chi connectivity index (χ2v) is 10.5. The Morgan fingerprint density at radius 2 is 2.03 bits per heavy atom. The van der Waals surface area contributed by atoms with E-state index in [9.17, 15) is 18.3 Å². The maximum absolute atomic E-state index is 14.1. The number of pyridine rings is 1. The number of halogens is 4. The monoisotopic (exact) mass is 579 g/mol. The van der Waals surface area contributed by atoms with E-state index < -0.39 is 17.8 Å². The molecule has 1 saturated carbocycles. The number of aliphatic hydroxyl groups excluding tert-OH is 1. The Morgan fingerprint density at radius 1 is 1.16 bits per heavy atom. The number of anilines is 1. The largest absolute Gasteiger partial charge is 0.420 e. The van der Waals surface area contributed by atoms with Crippen LogP contribution < -0.4 is 5.32 Å². The fourth-order valence-electron chi connectivity index (χ4n) is 5.28. The van der Waals surface area contributed by atoms with Gasteiger partial charge < -0.3 is 15.2 Å². The molecule has 1 aliphatic heterocycles. The van der Waals surface area contributed by atoms with Crippen molar-refractivity contribution in [2.45, 2.75) is 69.4 Å². The van der Waals surface area contributed by atoms with Crippen LogP contribution in [0, 0.1) is 0 Å². The molecule has 0 aromatic carbocycles. The van der Waals surface area contributed by atoms with Gasteiger partial charge in [-0.1, -0.05) is 0 Å². The van der Waals surface area contributed by atoms with Crippen molar-refractivity contribution in [3.63, 3.8) is 0 Å². The molecule has 3 atom stereocenters. The van der Waals surface area contributed by atoms with E-state index in [2.05, 4.69) is 46.5 Å². The van der Waals surface area contributed by atoms with Crippen LogP contribution in [0.25, 0.3) is 27.9 Å². The molecule has 2 fully saturated rings. The van der Waals surface area contributed by atoms with E-state index in [0.29, 0.717) is 36.0 Å². The Bertz CT molecular complexity index is 1450. The molecule has 0 amide bonds. The number of aromatic nitrogens is 6. The molecule has 1 aliphatic carbocycles. The SMILES string of the molecule is O[C@H]1CCC[C@H](Nc2ncc(C(F)(F)F)c(-c3n[nH]c4nn5cc(Br)c(C6CCCCO6)cc5c34)n2)C1. The van der Waals surface area contributed by atoms with E-state index in [1.54, 1.807) is 10.7 Å². The number of aliphatic hydroxyl groups is 1. The summed E-state index contributed by atoms with van der Waals surface area (Å²) in [5.41, 5.74) is 0.591. The van der Waals surface area contributed by atoms with Gasteiger partial charge in [0, 0.05) is 29.5 Å². The van der Waals surface area contributed by atoms with Gasteiger partial charge in [-0.15, -0.1) is 5.10 Å². The topological polar surface area (TPSA) is 113 Å². The molecule has 13 heteroatoms. The molecular formula is C24H25BrF3N7O2. The van der Waals surface area contributed by atoms with Gasteiger partial charge in [0.05, 0.1) is 23.1 Å². The van der Waals surface area contributed by atoms with Crippen LogP contribution in [0.1, 0.15) is 62.2 Å². The Kier molecular flexibility index (Phi) is 6.32. The molecule has 9 nitrogen and oxygen atoms in total. The summed E-state index contributed by atoms with van der Waals surface area (Å²) < 4.78 is 50.6. The van der Waals surface area contributed by atoms with Gasteiger partial charge in [0.2, 0.25) is 5.95 Å². The number of alkyl halides is 3. The number of aromatic amines is 1. The Labute approximate surface area is 218 Å². The molecule has 0 spiro atoms. The van der Waals surface area contributed by atoms with Gasteiger partial charge in [-0.25, -0.2) is 14.5 Å². The average Bonchev–Trinajstić information content (AvgIpc) is 3.42. The third-order valence-corrected chi connectivity index (χ3v) is 7.75. The van der Waals surface area contributed by atoms with Gasteiger partial charge >= 0.3 is 6.18 Å². The Balaban J connectivity index is 1.47. The second kappa shape index (κ2) is 9.52. The molecule has 196 valence electrons. The predicted octanol–water partition coefficient (Wildman–Crippen LogP) is 5.41. The smallest absolute Gasteiger partial charge is 0.393 e. The molecular weight excluding hydrogens is 555 g/mol. The summed E-state index contributed by atoms with van der Waals surface area (Å²) in [5.74, 6) is 0.0637. The van der Waals surface area contributed by atoms with Gasteiger partial charge in [0.1, 0.15) is 17.0 Å². The quantitative estimate of drug-likeness (QED) is 0.296. The predicted molar refractivity (Wildman–Crippen MR) is 133 cm³/mol. The Hall–Kier alpha value is -2.77. The molecule has 4 aromatic rings. The number of fused-ring (bicyclic) bond motifs is 3. The minimum Gasteiger partial charge on any atom is -0.393 e. The van der Waals surface area contributed by atoms with Crippen LogP contribution in [0.4, 0.5) is 19.1 Å². The van der Waals surface area contributed by atoms with Crippen molar-refractivity contribution >= 4 is 38.4 Å². The minimum atomic E-state index is -4.69. The van der Waals surface area contributed by atoms with Crippen molar-refractivity contribution < 1.29 is 23.0 Å². The van der Waals surface area contributed by atoms with Crippen molar-refractivity contribution in [1.82, 2.24) is 29.8 Å². The fraction of sp³-hybridized carbons (Fsp3) is 0.500. The highest BCUT2D eigenvalue weighted by molar-refractivity contribution is 9.10. The van der Waals surface area contributed by atoms with Crippen LogP contribution in [0.5, 0.6) is 0 Å². The van der Waals surface area contributed by atoms with E-state index in [1.165, 1.54) is 0 Å². The van der Waals surface area contributed by atoms with Crippen LogP contribution in [-0.2, 0) is 10.9 Å². The summed E-state index contributed by atoms with van der Waals surface area (Å²) in [6, 6.07) is 1.77. The average molecular weight is 580 g/mol. The number of ether oxygens (including phenoxy) is 1. The van der Waals surface area contributed by atoms with E-state index in [1.807, 2.05) is 6.07 Å². The molecule has 3 N–H and O–H groups in total. The van der Waals surface area contributed by atoms with Crippen LogP contribution >= 0.6 is 15.9 Å². The zero-order chi connectivity index (χ0) is 25.7. The fourth-order valence-corrected chi connectivity index (χ4v) is 5.84. The number of hydrogen-bond donors (Lipinski definition) is 3. The molecule has 4 aromatic heterocycles. The summed E-state index contributed by atoms with van der Waals surface area (Å²) in [6.45, 7) is 0.664. The third-order valence-electron chi connectivity index (χ3n) is 7.09. The first-order chi connectivity index (χ1) is 17.8. The molecule has 5 heterocycles. The first-order valence-electron chi connectivity index (χ1n) is 12.3. The van der Waals surface area contributed by atoms with Crippen molar-refractivity contribution in [3.05, 3.63) is 34.1 Å². The van der Waals surface area contributed by atoms with E-state index >= 15 is 0 Å². The third kappa shape index (κ3) is 4.68. The molecule has 6 rings (SSSR count). The highest BCUT2D eigenvalue weighted by Gasteiger charge is 2.37. The van der Waals surface area contributed by atoms with E-state index in [4.69, 9.17) is 4.74 Å². The first kappa shape index (κ1) is 24.6. The van der Waals surface area contributed by atoms with Crippen molar-refractivity contribution in [3.8, 4) is 11.4 Å². The van der Waals surface area contributed by atoms with Gasteiger partial charge in [-0.3, -0.25) is 5.10 Å². The molecule has 0 radical (unpaired) electrons. The molecule has 37 heavy (non-hydrogen) atoms. The molecule has 1 saturated heterocycles. The number of nitrogens with zero attached hydrogens (tertiary/aromatic N) is 5. The van der Waals surface area contributed by atoms with Crippen LogP contribution in [-0.4, -0.2) is 53.6 Å². The normalized spacial score (nSPS) is 23.1. The lowest BCUT2D eigenvalue weighted by Crippen LogP contribution is -2.30. The second-order valence-electron chi connectivity index (χ2n) is 9.67. The van der Waals surface area contributed by atoms with Crippen LogP contribution in [0.3, 0.4) is 0 Å². The highest BCUT2D eigenvalue weighted by atomic mass is 79.9. The molecule has 1 unspecified atom stereocenters. The van der Waals surface area contributed by atoms with E-state index in [0.717, 1.165) is 48.3 Å². The van der Waals surface area contributed by atoms with Gasteiger partial charge in [-0.05, 0) is 72.5 Å². The number of H-pyrrole nitrogens is 1. The van der Waals surface area contributed by atoms with Gasteiger partial charge in [0.15, 0.2) is 5.65 Å². The number of hydrogen-bond acceptors (Lipinski definition) is 7. The lowest BCUT2D eigenvalue weighted by atomic mass is 9.93. The Morgan fingerprint density at radius 3 is 2.78 bits per heavy atom. The maximum atomic E-state index is 14.1. The zero-order valence-electron chi connectivity index (χ0n) is 19.7. The molecule has 0 bridgehead atoms. The number of rotatable bonds is 4. The summed E-state index contributed by atoms with van der Waals surface area (Å²) in [7, 11) is 0. The maximum Gasteiger partial charge on any atom is 0.420 e. The van der Waals surface area contributed by atoms with E-state index in [-0.39, 0.29) is 29.5 Å². The van der Waals surface area contributed by atoms with Crippen LogP contribution in [0.2, 0.25) is 0 Å². The summed E-state index contributed by atoms with van der Waals surface area (Å²) in [5, 5.41) is 25.0. The number of nitrogens with one attached hydrogen (secondary N) is 2. The summed E-state index contributed by atoms with van der Waals surface area (Å²) in [4.78, 5) is 8.24. The zero-order valence-corrected chi connectivity index (χ0v) is 21.3. The first-order valence-corrected chi connectivity index (χ1v) is 13.1. The van der Waals surface area contributed by atoms with Crippen LogP contribution in [0.15, 0.2) is 22.9 Å². The lowest BCUT2D eigenvalue weighted by Gasteiger charge is -2.26.